The van der Waals surface area contributed by atoms with Gasteiger partial charge in [-0.1, -0.05) is 0 Å². The molecule has 2 N–H and O–H groups in total. The summed E-state index contributed by atoms with van der Waals surface area (Å²) >= 11 is 0. The molecule has 1 fully saturated rings. The zero-order valence-corrected chi connectivity index (χ0v) is 17.8. The summed E-state index contributed by atoms with van der Waals surface area (Å²) in [6.45, 7) is 3.09. The van der Waals surface area contributed by atoms with E-state index in [0.29, 0.717) is 38.1 Å². The molecule has 2 aromatic rings. The summed E-state index contributed by atoms with van der Waals surface area (Å²) in [5, 5.41) is 2.93. The number of anilines is 1. The van der Waals surface area contributed by atoms with Crippen molar-refractivity contribution in [3.05, 3.63) is 59.9 Å². The lowest BCUT2D eigenvalue weighted by Gasteiger charge is -2.31. The first-order valence-electron chi connectivity index (χ1n) is 9.89. The average Bonchev–Trinajstić information content (AvgIpc) is 2.75. The van der Waals surface area contributed by atoms with Gasteiger partial charge in [0.05, 0.1) is 11.5 Å². The molecule has 31 heavy (non-hydrogen) atoms. The van der Waals surface area contributed by atoms with E-state index in [0.717, 1.165) is 12.1 Å². The molecule has 0 radical (unpaired) electrons. The summed E-state index contributed by atoms with van der Waals surface area (Å²) in [7, 11) is -3.86. The highest BCUT2D eigenvalue weighted by molar-refractivity contribution is 7.92. The largest absolute Gasteiger partial charge is 0.450 e. The lowest BCUT2D eigenvalue weighted by Crippen LogP contribution is -2.46. The molecule has 8 nitrogen and oxygen atoms in total. The molecule has 0 atom stereocenters. The minimum absolute atomic E-state index is 0.0603. The Bertz CT molecular complexity index is 1020. The van der Waals surface area contributed by atoms with E-state index in [1.807, 2.05) is 0 Å². The number of ether oxygens (including phenoxy) is 1. The van der Waals surface area contributed by atoms with Gasteiger partial charge in [0.15, 0.2) is 0 Å². The Morgan fingerprint density at radius 3 is 2.26 bits per heavy atom. The molecule has 0 aliphatic carbocycles. The van der Waals surface area contributed by atoms with Crippen molar-refractivity contribution in [2.24, 2.45) is 0 Å². The zero-order valence-electron chi connectivity index (χ0n) is 17.0. The van der Waals surface area contributed by atoms with Crippen LogP contribution in [0.3, 0.4) is 0 Å². The second-order valence-corrected chi connectivity index (χ2v) is 8.75. The minimum atomic E-state index is -3.86. The molecule has 2 aromatic carbocycles. The van der Waals surface area contributed by atoms with Crippen LogP contribution in [0.5, 0.6) is 0 Å². The monoisotopic (exact) mass is 449 g/mol. The lowest BCUT2D eigenvalue weighted by molar-refractivity contribution is 0.0860. The standard InChI is InChI=1S/C21H24FN3O5S/c1-2-30-21(27)25-13-11-17(12-14-25)23-20(26)15-3-7-18(8-4-15)24-31(28,29)19-9-5-16(22)6-10-19/h3-10,17,24H,2,11-14H2,1H3,(H,23,26). The molecule has 10 heteroatoms. The summed E-state index contributed by atoms with van der Waals surface area (Å²) < 4.78 is 45.1. The summed E-state index contributed by atoms with van der Waals surface area (Å²) in [5.41, 5.74) is 0.668. The topological polar surface area (TPSA) is 105 Å². The number of hydrogen-bond donors (Lipinski definition) is 2. The number of hydrogen-bond acceptors (Lipinski definition) is 5. The van der Waals surface area contributed by atoms with Crippen LogP contribution in [0.25, 0.3) is 0 Å². The molecule has 0 unspecified atom stereocenters. The molecule has 0 spiro atoms. The molecule has 0 saturated carbocycles. The third-order valence-corrected chi connectivity index (χ3v) is 6.28. The molecule has 1 aliphatic heterocycles. The molecule has 2 amide bonds. The Kier molecular flexibility index (Phi) is 7.11. The Hall–Kier alpha value is -3.14. The number of benzene rings is 2. The van der Waals surface area contributed by atoms with Crippen LogP contribution >= 0.6 is 0 Å². The molecular weight excluding hydrogens is 425 g/mol. The predicted molar refractivity (Wildman–Crippen MR) is 113 cm³/mol. The van der Waals surface area contributed by atoms with Gasteiger partial charge in [0.25, 0.3) is 15.9 Å². The van der Waals surface area contributed by atoms with Gasteiger partial charge in [0.1, 0.15) is 5.82 Å². The Labute approximate surface area is 180 Å². The van der Waals surface area contributed by atoms with E-state index in [1.165, 1.54) is 36.4 Å². The van der Waals surface area contributed by atoms with Crippen molar-refractivity contribution >= 4 is 27.7 Å². The van der Waals surface area contributed by atoms with Crippen LogP contribution in [-0.4, -0.2) is 51.1 Å². The summed E-state index contributed by atoms with van der Waals surface area (Å²) in [6.07, 6.45) is 0.909. The van der Waals surface area contributed by atoms with Crippen molar-refractivity contribution < 1.29 is 27.1 Å². The number of carbonyl (C=O) groups excluding carboxylic acids is 2. The molecule has 0 aromatic heterocycles. The molecule has 1 aliphatic rings. The molecule has 3 rings (SSSR count). The number of rotatable bonds is 6. The molecule has 0 bridgehead atoms. The van der Waals surface area contributed by atoms with Gasteiger partial charge in [-0.05, 0) is 68.3 Å². The molecule has 166 valence electrons. The SMILES string of the molecule is CCOC(=O)N1CCC(NC(=O)c2ccc(NS(=O)(=O)c3ccc(F)cc3)cc2)CC1. The number of nitrogens with one attached hydrogen (secondary N) is 2. The molecule has 1 saturated heterocycles. The Balaban J connectivity index is 1.55. The van der Waals surface area contributed by atoms with Gasteiger partial charge in [0, 0.05) is 30.4 Å². The first-order chi connectivity index (χ1) is 14.8. The maximum absolute atomic E-state index is 13.0. The molecule has 1 heterocycles. The number of sulfonamides is 1. The third kappa shape index (κ3) is 5.94. The minimum Gasteiger partial charge on any atom is -0.450 e. The van der Waals surface area contributed by atoms with Gasteiger partial charge < -0.3 is 15.0 Å². The normalized spacial score (nSPS) is 14.7. The van der Waals surface area contributed by atoms with Crippen molar-refractivity contribution in [3.8, 4) is 0 Å². The predicted octanol–water partition coefficient (Wildman–Crippen LogP) is 2.98. The van der Waals surface area contributed by atoms with E-state index in [-0.39, 0.29) is 28.6 Å². The molecular formula is C21H24FN3O5S. The number of carbonyl (C=O) groups is 2. The third-order valence-electron chi connectivity index (χ3n) is 4.88. The van der Waals surface area contributed by atoms with E-state index < -0.39 is 15.8 Å². The van der Waals surface area contributed by atoms with Gasteiger partial charge in [-0.25, -0.2) is 17.6 Å². The number of nitrogens with zero attached hydrogens (tertiary/aromatic N) is 1. The number of piperidine rings is 1. The first kappa shape index (κ1) is 22.5. The highest BCUT2D eigenvalue weighted by Crippen LogP contribution is 2.18. The average molecular weight is 450 g/mol. The van der Waals surface area contributed by atoms with Gasteiger partial charge in [0.2, 0.25) is 0 Å². The van der Waals surface area contributed by atoms with Crippen LogP contribution in [0.4, 0.5) is 14.9 Å². The van der Waals surface area contributed by atoms with Crippen molar-refractivity contribution in [2.45, 2.75) is 30.7 Å². The second kappa shape index (κ2) is 9.78. The summed E-state index contributed by atoms with van der Waals surface area (Å²) in [4.78, 5) is 25.8. The van der Waals surface area contributed by atoms with E-state index in [9.17, 15) is 22.4 Å². The van der Waals surface area contributed by atoms with Gasteiger partial charge in [-0.15, -0.1) is 0 Å². The first-order valence-corrected chi connectivity index (χ1v) is 11.4. The maximum Gasteiger partial charge on any atom is 0.409 e. The zero-order chi connectivity index (χ0) is 22.4. The van der Waals surface area contributed by atoms with E-state index in [1.54, 1.807) is 11.8 Å². The highest BCUT2D eigenvalue weighted by atomic mass is 32.2. The van der Waals surface area contributed by atoms with Gasteiger partial charge in [-0.3, -0.25) is 9.52 Å². The Morgan fingerprint density at radius 2 is 1.68 bits per heavy atom. The smallest absolute Gasteiger partial charge is 0.409 e. The summed E-state index contributed by atoms with van der Waals surface area (Å²) in [6, 6.07) is 10.4. The summed E-state index contributed by atoms with van der Waals surface area (Å²) in [5.74, 6) is -0.802. The van der Waals surface area contributed by atoms with Crippen LogP contribution in [0.2, 0.25) is 0 Å². The number of likely N-dealkylation sites (tertiary alicyclic amines) is 1. The van der Waals surface area contributed by atoms with Crippen molar-refractivity contribution in [2.75, 3.05) is 24.4 Å². The fourth-order valence-corrected chi connectivity index (χ4v) is 4.27. The van der Waals surface area contributed by atoms with Crippen LogP contribution in [0.1, 0.15) is 30.1 Å². The maximum atomic E-state index is 13.0. The van der Waals surface area contributed by atoms with Crippen LogP contribution in [0, 0.1) is 5.82 Å². The fraction of sp³-hybridized carbons (Fsp3) is 0.333. The number of halogens is 1. The fourth-order valence-electron chi connectivity index (χ4n) is 3.21. The lowest BCUT2D eigenvalue weighted by atomic mass is 10.0. The van der Waals surface area contributed by atoms with E-state index >= 15 is 0 Å². The quantitative estimate of drug-likeness (QED) is 0.706. The van der Waals surface area contributed by atoms with E-state index in [2.05, 4.69) is 10.0 Å². The van der Waals surface area contributed by atoms with Crippen molar-refractivity contribution in [3.63, 3.8) is 0 Å². The van der Waals surface area contributed by atoms with Crippen LogP contribution in [-0.2, 0) is 14.8 Å². The van der Waals surface area contributed by atoms with Crippen molar-refractivity contribution in [1.29, 1.82) is 0 Å². The highest BCUT2D eigenvalue weighted by Gasteiger charge is 2.25. The van der Waals surface area contributed by atoms with Gasteiger partial charge >= 0.3 is 6.09 Å². The Morgan fingerprint density at radius 1 is 1.06 bits per heavy atom. The second-order valence-electron chi connectivity index (χ2n) is 7.07. The van der Waals surface area contributed by atoms with Gasteiger partial charge in [-0.2, -0.15) is 0 Å². The van der Waals surface area contributed by atoms with Crippen LogP contribution in [0.15, 0.2) is 53.4 Å². The number of amides is 2. The van der Waals surface area contributed by atoms with Crippen molar-refractivity contribution in [1.82, 2.24) is 10.2 Å². The van der Waals surface area contributed by atoms with E-state index in [4.69, 9.17) is 4.74 Å². The van der Waals surface area contributed by atoms with Crippen LogP contribution < -0.4 is 10.0 Å².